The van der Waals surface area contributed by atoms with Gasteiger partial charge in [-0.25, -0.2) is 0 Å². The van der Waals surface area contributed by atoms with Crippen molar-refractivity contribution in [2.75, 3.05) is 7.11 Å². The Morgan fingerprint density at radius 2 is 2.07 bits per heavy atom. The summed E-state index contributed by atoms with van der Waals surface area (Å²) >= 11 is 0. The van der Waals surface area contributed by atoms with Crippen LogP contribution in [0, 0.1) is 25.2 Å². The van der Waals surface area contributed by atoms with Gasteiger partial charge in [0.25, 0.3) is 0 Å². The summed E-state index contributed by atoms with van der Waals surface area (Å²) in [5.41, 5.74) is 3.63. The van der Waals surface area contributed by atoms with Crippen molar-refractivity contribution < 1.29 is 4.74 Å². The molecule has 0 aliphatic carbocycles. The Morgan fingerprint density at radius 3 is 2.67 bits per heavy atom. The largest absolute Gasteiger partial charge is 0.496 e. The van der Waals surface area contributed by atoms with E-state index in [2.05, 4.69) is 32.0 Å². The topological polar surface area (TPSA) is 33.0 Å². The van der Waals surface area contributed by atoms with Crippen molar-refractivity contribution in [3.8, 4) is 11.8 Å². The van der Waals surface area contributed by atoms with Crippen molar-refractivity contribution >= 4 is 0 Å². The third-order valence-electron chi connectivity index (χ3n) is 2.43. The SMILES string of the molecule is COc1c(C)cc(C)cc1CCCC#N. The number of hydrogen-bond donors (Lipinski definition) is 0. The summed E-state index contributed by atoms with van der Waals surface area (Å²) in [7, 11) is 1.70. The first-order chi connectivity index (χ1) is 7.19. The smallest absolute Gasteiger partial charge is 0.124 e. The molecule has 0 N–H and O–H groups in total. The fourth-order valence-corrected chi connectivity index (χ4v) is 1.88. The minimum Gasteiger partial charge on any atom is -0.496 e. The number of hydrogen-bond acceptors (Lipinski definition) is 2. The molecule has 0 saturated carbocycles. The van der Waals surface area contributed by atoms with Crippen LogP contribution in [-0.2, 0) is 6.42 Å². The zero-order valence-corrected chi connectivity index (χ0v) is 9.63. The van der Waals surface area contributed by atoms with E-state index in [-0.39, 0.29) is 0 Å². The predicted octanol–water partition coefficient (Wildman–Crippen LogP) is 3.16. The molecule has 0 unspecified atom stereocenters. The summed E-state index contributed by atoms with van der Waals surface area (Å²) in [5.74, 6) is 0.971. The third-order valence-corrected chi connectivity index (χ3v) is 2.43. The highest BCUT2D eigenvalue weighted by atomic mass is 16.5. The molecule has 0 aliphatic heterocycles. The third kappa shape index (κ3) is 2.99. The number of benzene rings is 1. The van der Waals surface area contributed by atoms with Gasteiger partial charge in [0.1, 0.15) is 5.75 Å². The van der Waals surface area contributed by atoms with Crippen LogP contribution in [0.3, 0.4) is 0 Å². The number of aryl methyl sites for hydroxylation is 3. The summed E-state index contributed by atoms with van der Waals surface area (Å²) < 4.78 is 5.38. The molecular weight excluding hydrogens is 186 g/mol. The van der Waals surface area contributed by atoms with Crippen LogP contribution < -0.4 is 4.74 Å². The Morgan fingerprint density at radius 1 is 1.33 bits per heavy atom. The van der Waals surface area contributed by atoms with Gasteiger partial charge in [-0.3, -0.25) is 0 Å². The fourth-order valence-electron chi connectivity index (χ4n) is 1.88. The zero-order valence-electron chi connectivity index (χ0n) is 9.63. The Balaban J connectivity index is 2.89. The van der Waals surface area contributed by atoms with E-state index in [9.17, 15) is 0 Å². The molecule has 0 aromatic heterocycles. The molecule has 0 spiro atoms. The summed E-state index contributed by atoms with van der Waals surface area (Å²) in [6.07, 6.45) is 2.42. The minimum atomic E-state index is 0.607. The van der Waals surface area contributed by atoms with E-state index in [1.54, 1.807) is 7.11 Å². The van der Waals surface area contributed by atoms with Gasteiger partial charge in [-0.15, -0.1) is 0 Å². The number of nitriles is 1. The molecule has 80 valence electrons. The summed E-state index contributed by atoms with van der Waals surface area (Å²) in [6.45, 7) is 4.14. The highest BCUT2D eigenvalue weighted by Crippen LogP contribution is 2.26. The maximum Gasteiger partial charge on any atom is 0.124 e. The molecule has 15 heavy (non-hydrogen) atoms. The standard InChI is InChI=1S/C13H17NO/c1-10-8-11(2)13(15-3)12(9-10)6-4-5-7-14/h8-9H,4-6H2,1-3H3. The van der Waals surface area contributed by atoms with Crippen LogP contribution >= 0.6 is 0 Å². The predicted molar refractivity (Wildman–Crippen MR) is 61.0 cm³/mol. The average Bonchev–Trinajstić information content (AvgIpc) is 2.17. The molecule has 0 radical (unpaired) electrons. The zero-order chi connectivity index (χ0) is 11.3. The van der Waals surface area contributed by atoms with Crippen molar-refractivity contribution in [2.45, 2.75) is 33.1 Å². The molecule has 0 fully saturated rings. The first-order valence-electron chi connectivity index (χ1n) is 5.20. The van der Waals surface area contributed by atoms with E-state index in [0.717, 1.165) is 18.6 Å². The number of methoxy groups -OCH3 is 1. The maximum absolute atomic E-state index is 8.50. The fraction of sp³-hybridized carbons (Fsp3) is 0.462. The maximum atomic E-state index is 8.50. The van der Waals surface area contributed by atoms with Gasteiger partial charge in [0, 0.05) is 6.42 Å². The van der Waals surface area contributed by atoms with E-state index in [1.165, 1.54) is 16.7 Å². The first-order valence-corrected chi connectivity index (χ1v) is 5.20. The molecule has 0 heterocycles. The van der Waals surface area contributed by atoms with Crippen molar-refractivity contribution in [2.24, 2.45) is 0 Å². The van der Waals surface area contributed by atoms with E-state index in [4.69, 9.17) is 10.00 Å². The molecular formula is C13H17NO. The van der Waals surface area contributed by atoms with E-state index in [0.29, 0.717) is 6.42 Å². The van der Waals surface area contributed by atoms with Gasteiger partial charge >= 0.3 is 0 Å². The number of nitrogens with zero attached hydrogens (tertiary/aromatic N) is 1. The van der Waals surface area contributed by atoms with Crippen molar-refractivity contribution in [1.29, 1.82) is 5.26 Å². The van der Waals surface area contributed by atoms with Gasteiger partial charge in [-0.05, 0) is 37.8 Å². The van der Waals surface area contributed by atoms with Crippen LogP contribution in [0.2, 0.25) is 0 Å². The molecule has 0 amide bonds. The van der Waals surface area contributed by atoms with Crippen molar-refractivity contribution in [3.63, 3.8) is 0 Å². The molecule has 2 nitrogen and oxygen atoms in total. The molecule has 1 aromatic rings. The summed E-state index contributed by atoms with van der Waals surface area (Å²) in [6, 6.07) is 6.42. The van der Waals surface area contributed by atoms with Gasteiger partial charge in [0.15, 0.2) is 0 Å². The average molecular weight is 203 g/mol. The van der Waals surface area contributed by atoms with Crippen LogP contribution in [-0.4, -0.2) is 7.11 Å². The molecule has 1 rings (SSSR count). The molecule has 2 heteroatoms. The van der Waals surface area contributed by atoms with Gasteiger partial charge < -0.3 is 4.74 Å². The van der Waals surface area contributed by atoms with Crippen LogP contribution in [0.25, 0.3) is 0 Å². The quantitative estimate of drug-likeness (QED) is 0.704. The first kappa shape index (κ1) is 11.6. The monoisotopic (exact) mass is 203 g/mol. The highest BCUT2D eigenvalue weighted by molar-refractivity contribution is 5.43. The lowest BCUT2D eigenvalue weighted by Crippen LogP contribution is -1.96. The molecule has 0 atom stereocenters. The Labute approximate surface area is 91.5 Å². The number of ether oxygens (including phenoxy) is 1. The number of rotatable bonds is 4. The molecule has 0 saturated heterocycles. The van der Waals surface area contributed by atoms with Crippen LogP contribution in [0.5, 0.6) is 5.75 Å². The number of unbranched alkanes of at least 4 members (excludes halogenated alkanes) is 1. The van der Waals surface area contributed by atoms with Gasteiger partial charge in [-0.1, -0.05) is 17.7 Å². The highest BCUT2D eigenvalue weighted by Gasteiger charge is 2.06. The molecule has 0 bridgehead atoms. The Bertz CT molecular complexity index is 377. The second-order valence-corrected chi connectivity index (χ2v) is 3.79. The summed E-state index contributed by atoms with van der Waals surface area (Å²) in [5, 5.41) is 8.50. The van der Waals surface area contributed by atoms with Crippen molar-refractivity contribution in [1.82, 2.24) is 0 Å². The van der Waals surface area contributed by atoms with Crippen LogP contribution in [0.1, 0.15) is 29.5 Å². The second kappa shape index (κ2) is 5.41. The lowest BCUT2D eigenvalue weighted by atomic mass is 10.0. The van der Waals surface area contributed by atoms with Crippen LogP contribution in [0.15, 0.2) is 12.1 Å². The lowest BCUT2D eigenvalue weighted by molar-refractivity contribution is 0.406. The van der Waals surface area contributed by atoms with E-state index < -0.39 is 0 Å². The van der Waals surface area contributed by atoms with Gasteiger partial charge in [0.2, 0.25) is 0 Å². The Kier molecular flexibility index (Phi) is 4.17. The summed E-state index contributed by atoms with van der Waals surface area (Å²) in [4.78, 5) is 0. The van der Waals surface area contributed by atoms with Gasteiger partial charge in [0.05, 0.1) is 13.2 Å². The normalized spacial score (nSPS) is 9.73. The van der Waals surface area contributed by atoms with E-state index >= 15 is 0 Å². The molecule has 0 aliphatic rings. The van der Waals surface area contributed by atoms with Crippen molar-refractivity contribution in [3.05, 3.63) is 28.8 Å². The lowest BCUT2D eigenvalue weighted by Gasteiger charge is -2.12. The second-order valence-electron chi connectivity index (χ2n) is 3.79. The van der Waals surface area contributed by atoms with E-state index in [1.807, 2.05) is 0 Å². The minimum absolute atomic E-state index is 0.607. The molecule has 1 aromatic carbocycles. The Hall–Kier alpha value is -1.49. The van der Waals surface area contributed by atoms with Gasteiger partial charge in [-0.2, -0.15) is 5.26 Å². The van der Waals surface area contributed by atoms with Crippen LogP contribution in [0.4, 0.5) is 0 Å².